The molecule has 1 aromatic heterocycles. The van der Waals surface area contributed by atoms with Crippen LogP contribution in [0.2, 0.25) is 0 Å². The van der Waals surface area contributed by atoms with Crippen LogP contribution in [-0.2, 0) is 7.05 Å². The molecule has 0 aliphatic carbocycles. The molecule has 0 saturated carbocycles. The fourth-order valence-electron chi connectivity index (χ4n) is 1.66. The molecule has 1 fully saturated rings. The summed E-state index contributed by atoms with van der Waals surface area (Å²) in [7, 11) is 1.91. The monoisotopic (exact) mass is 238 g/mol. The fourth-order valence-corrected chi connectivity index (χ4v) is 1.66. The van der Waals surface area contributed by atoms with E-state index < -0.39 is 0 Å². The van der Waals surface area contributed by atoms with Crippen LogP contribution in [0.4, 0.5) is 0 Å². The van der Waals surface area contributed by atoms with E-state index in [4.69, 9.17) is 0 Å². The molecule has 0 aromatic carbocycles. The van der Waals surface area contributed by atoms with E-state index in [9.17, 15) is 0 Å². The van der Waals surface area contributed by atoms with Crippen molar-refractivity contribution in [3.05, 3.63) is 11.9 Å². The Bertz CT molecular complexity index is 258. The van der Waals surface area contributed by atoms with Crippen LogP contribution in [0, 0.1) is 0 Å². The van der Waals surface area contributed by atoms with Crippen molar-refractivity contribution in [2.24, 2.45) is 7.05 Å². The molecule has 2 heterocycles. The second-order valence-electron chi connectivity index (χ2n) is 3.36. The van der Waals surface area contributed by atoms with Gasteiger partial charge in [-0.25, -0.2) is 0 Å². The molecule has 1 unspecified atom stereocenters. The maximum absolute atomic E-state index is 4.11. The van der Waals surface area contributed by atoms with Gasteiger partial charge in [0.25, 0.3) is 0 Å². The highest BCUT2D eigenvalue weighted by molar-refractivity contribution is 5.85. The highest BCUT2D eigenvalue weighted by Gasteiger charge is 2.17. The molecule has 1 aliphatic heterocycles. The highest BCUT2D eigenvalue weighted by Crippen LogP contribution is 2.20. The molecule has 1 N–H and O–H groups in total. The summed E-state index contributed by atoms with van der Waals surface area (Å²) in [4.78, 5) is 0. The molecule has 0 amide bonds. The summed E-state index contributed by atoms with van der Waals surface area (Å²) >= 11 is 0. The standard InChI is InChI=1S/C8H14N4.2ClH/c1-12-6-8(10-11-12)7-3-2-4-9-5-7;;/h6-7,9H,2-5H2,1H3;2*1H. The number of piperidine rings is 1. The smallest absolute Gasteiger partial charge is 0.0870 e. The Morgan fingerprint density at radius 1 is 1.50 bits per heavy atom. The minimum atomic E-state index is 0. The van der Waals surface area contributed by atoms with E-state index in [0.717, 1.165) is 18.8 Å². The van der Waals surface area contributed by atoms with Crippen molar-refractivity contribution in [3.63, 3.8) is 0 Å². The number of hydrogen-bond donors (Lipinski definition) is 1. The molecule has 0 radical (unpaired) electrons. The molecule has 0 spiro atoms. The van der Waals surface area contributed by atoms with Crippen molar-refractivity contribution in [3.8, 4) is 0 Å². The average Bonchev–Trinajstić information content (AvgIpc) is 2.54. The van der Waals surface area contributed by atoms with Gasteiger partial charge < -0.3 is 5.32 Å². The van der Waals surface area contributed by atoms with Crippen LogP contribution < -0.4 is 5.32 Å². The van der Waals surface area contributed by atoms with Gasteiger partial charge in [-0.05, 0) is 19.4 Å². The first-order valence-corrected chi connectivity index (χ1v) is 4.43. The van der Waals surface area contributed by atoms with E-state index in [-0.39, 0.29) is 24.8 Å². The molecule has 6 heteroatoms. The van der Waals surface area contributed by atoms with Crippen LogP contribution in [0.25, 0.3) is 0 Å². The summed E-state index contributed by atoms with van der Waals surface area (Å²) < 4.78 is 1.77. The van der Waals surface area contributed by atoms with Gasteiger partial charge in [-0.15, -0.1) is 29.9 Å². The summed E-state index contributed by atoms with van der Waals surface area (Å²) in [5.74, 6) is 0.576. The van der Waals surface area contributed by atoms with Gasteiger partial charge in [0.2, 0.25) is 0 Å². The van der Waals surface area contributed by atoms with Crippen molar-refractivity contribution in [1.82, 2.24) is 20.3 Å². The Hall–Kier alpha value is -0.320. The minimum absolute atomic E-state index is 0. The Kier molecular flexibility index (Phi) is 6.08. The number of aromatic nitrogens is 3. The van der Waals surface area contributed by atoms with Crippen molar-refractivity contribution >= 4 is 24.8 Å². The first kappa shape index (κ1) is 13.7. The Labute approximate surface area is 96.3 Å². The van der Waals surface area contributed by atoms with Gasteiger partial charge in [0, 0.05) is 25.7 Å². The molecule has 1 atom stereocenters. The van der Waals surface area contributed by atoms with Crippen LogP contribution in [0.1, 0.15) is 24.5 Å². The normalized spacial score (nSPS) is 20.8. The zero-order valence-electron chi connectivity index (χ0n) is 8.14. The molecular weight excluding hydrogens is 223 g/mol. The molecular formula is C8H16Cl2N4. The molecule has 1 saturated heterocycles. The van der Waals surface area contributed by atoms with Crippen LogP contribution in [0.5, 0.6) is 0 Å². The maximum atomic E-state index is 4.11. The Morgan fingerprint density at radius 2 is 2.29 bits per heavy atom. The van der Waals surface area contributed by atoms with Crippen LogP contribution >= 0.6 is 24.8 Å². The van der Waals surface area contributed by atoms with Crippen LogP contribution in [0.15, 0.2) is 6.20 Å². The summed E-state index contributed by atoms with van der Waals surface area (Å²) in [6.45, 7) is 2.20. The number of rotatable bonds is 1. The van der Waals surface area contributed by atoms with E-state index in [1.54, 1.807) is 4.68 Å². The molecule has 0 bridgehead atoms. The summed E-state index contributed by atoms with van der Waals surface area (Å²) in [5, 5.41) is 11.4. The van der Waals surface area contributed by atoms with Gasteiger partial charge in [-0.2, -0.15) is 0 Å². The van der Waals surface area contributed by atoms with Crippen molar-refractivity contribution in [1.29, 1.82) is 0 Å². The zero-order valence-corrected chi connectivity index (χ0v) is 9.77. The van der Waals surface area contributed by atoms with E-state index >= 15 is 0 Å². The third-order valence-corrected chi connectivity index (χ3v) is 2.34. The van der Waals surface area contributed by atoms with Gasteiger partial charge in [0.1, 0.15) is 0 Å². The predicted molar refractivity (Wildman–Crippen MR) is 60.3 cm³/mol. The molecule has 14 heavy (non-hydrogen) atoms. The number of nitrogens with zero attached hydrogens (tertiary/aromatic N) is 3. The van der Waals surface area contributed by atoms with E-state index in [0.29, 0.717) is 5.92 Å². The number of nitrogens with one attached hydrogen (secondary N) is 1. The van der Waals surface area contributed by atoms with Gasteiger partial charge in [-0.3, -0.25) is 4.68 Å². The van der Waals surface area contributed by atoms with E-state index in [2.05, 4.69) is 15.6 Å². The molecule has 1 aromatic rings. The van der Waals surface area contributed by atoms with Crippen molar-refractivity contribution in [2.45, 2.75) is 18.8 Å². The topological polar surface area (TPSA) is 42.7 Å². The average molecular weight is 239 g/mol. The van der Waals surface area contributed by atoms with Gasteiger partial charge in [-0.1, -0.05) is 5.21 Å². The fraction of sp³-hybridized carbons (Fsp3) is 0.750. The Morgan fingerprint density at radius 3 is 2.79 bits per heavy atom. The van der Waals surface area contributed by atoms with Gasteiger partial charge in [0.15, 0.2) is 0 Å². The second-order valence-corrected chi connectivity index (χ2v) is 3.36. The van der Waals surface area contributed by atoms with E-state index in [1.165, 1.54) is 12.8 Å². The third-order valence-electron chi connectivity index (χ3n) is 2.34. The SMILES string of the molecule is Cl.Cl.Cn1cc(C2CCCNC2)nn1. The summed E-state index contributed by atoms with van der Waals surface area (Å²) in [6.07, 6.45) is 4.50. The minimum Gasteiger partial charge on any atom is -0.316 e. The first-order valence-electron chi connectivity index (χ1n) is 4.43. The zero-order chi connectivity index (χ0) is 8.39. The molecule has 2 rings (SSSR count). The summed E-state index contributed by atoms with van der Waals surface area (Å²) in [5.41, 5.74) is 1.13. The number of hydrogen-bond acceptors (Lipinski definition) is 3. The van der Waals surface area contributed by atoms with Gasteiger partial charge in [0.05, 0.1) is 5.69 Å². The lowest BCUT2D eigenvalue weighted by molar-refractivity contribution is 0.454. The first-order chi connectivity index (χ1) is 5.86. The molecule has 4 nitrogen and oxygen atoms in total. The summed E-state index contributed by atoms with van der Waals surface area (Å²) in [6, 6.07) is 0. The maximum Gasteiger partial charge on any atom is 0.0870 e. The van der Waals surface area contributed by atoms with Crippen LogP contribution in [0.3, 0.4) is 0 Å². The number of aryl methyl sites for hydroxylation is 1. The third kappa shape index (κ3) is 3.12. The van der Waals surface area contributed by atoms with Crippen molar-refractivity contribution < 1.29 is 0 Å². The molecule has 82 valence electrons. The quantitative estimate of drug-likeness (QED) is 0.798. The van der Waals surface area contributed by atoms with E-state index in [1.807, 2.05) is 13.2 Å². The van der Waals surface area contributed by atoms with Crippen LogP contribution in [-0.4, -0.2) is 28.1 Å². The van der Waals surface area contributed by atoms with Gasteiger partial charge >= 0.3 is 0 Å². The molecule has 1 aliphatic rings. The Balaban J connectivity index is 0.000000845. The largest absolute Gasteiger partial charge is 0.316 e. The highest BCUT2D eigenvalue weighted by atomic mass is 35.5. The second kappa shape index (κ2) is 6.22. The van der Waals surface area contributed by atoms with Crippen molar-refractivity contribution in [2.75, 3.05) is 13.1 Å². The number of halogens is 2. The lowest BCUT2D eigenvalue weighted by Gasteiger charge is -2.20. The predicted octanol–water partition coefficient (Wildman–Crippen LogP) is 1.13. The lowest BCUT2D eigenvalue weighted by Crippen LogP contribution is -2.28. The lowest BCUT2D eigenvalue weighted by atomic mass is 9.97.